The molecule has 0 N–H and O–H groups in total. The lowest BCUT2D eigenvalue weighted by molar-refractivity contribution is 0.324. The van der Waals surface area contributed by atoms with Crippen LogP contribution in [0.4, 0.5) is 0 Å². The van der Waals surface area contributed by atoms with E-state index in [1.165, 1.54) is 57.8 Å². The Balaban J connectivity index is 1.68. The first kappa shape index (κ1) is 13.6. The smallest absolute Gasteiger partial charge is 0.0945 e. The first-order chi connectivity index (χ1) is 8.88. The number of hydrogen-bond donors (Lipinski definition) is 0. The lowest BCUT2D eigenvalue weighted by Crippen LogP contribution is -2.08. The highest BCUT2D eigenvalue weighted by Gasteiger charge is 2.19. The van der Waals surface area contributed by atoms with Gasteiger partial charge < -0.3 is 4.57 Å². The molecule has 1 aromatic heterocycles. The summed E-state index contributed by atoms with van der Waals surface area (Å²) < 4.78 is 2.21. The van der Waals surface area contributed by atoms with E-state index >= 15 is 0 Å². The molecule has 1 aliphatic rings. The van der Waals surface area contributed by atoms with Crippen molar-refractivity contribution < 1.29 is 0 Å². The second-order valence-corrected chi connectivity index (χ2v) is 5.98. The minimum Gasteiger partial charge on any atom is -0.337 e. The minimum absolute atomic E-state index is 0.974. The lowest BCUT2D eigenvalue weighted by Gasteiger charge is -2.20. The molecule has 1 saturated carbocycles. The fourth-order valence-corrected chi connectivity index (χ4v) is 3.49. The maximum absolute atomic E-state index is 4.10. The summed E-state index contributed by atoms with van der Waals surface area (Å²) in [5.74, 6) is 2.02. The molecule has 1 fully saturated rings. The van der Waals surface area contributed by atoms with E-state index in [1.807, 2.05) is 12.5 Å². The molecule has 0 bridgehead atoms. The molecule has 102 valence electrons. The average Bonchev–Trinajstić information content (AvgIpc) is 3.02. The number of aryl methyl sites for hydroxylation is 1. The first-order valence-electron chi connectivity index (χ1n) is 7.84. The highest BCUT2D eigenvalue weighted by atomic mass is 15.0. The Labute approximate surface area is 112 Å². The SMILES string of the molecule is CCCC(CCCn1ccnc1)CC1CCCC1. The largest absolute Gasteiger partial charge is 0.337 e. The van der Waals surface area contributed by atoms with Crippen LogP contribution in [-0.2, 0) is 6.54 Å². The zero-order chi connectivity index (χ0) is 12.6. The van der Waals surface area contributed by atoms with Gasteiger partial charge in [-0.15, -0.1) is 0 Å². The van der Waals surface area contributed by atoms with Crippen molar-refractivity contribution in [3.8, 4) is 0 Å². The number of rotatable bonds is 8. The van der Waals surface area contributed by atoms with E-state index in [9.17, 15) is 0 Å². The van der Waals surface area contributed by atoms with Crippen LogP contribution >= 0.6 is 0 Å². The predicted octanol–water partition coefficient (Wildman–Crippen LogP) is 4.66. The normalized spacial score (nSPS) is 18.3. The Hall–Kier alpha value is -0.790. The van der Waals surface area contributed by atoms with Crippen molar-refractivity contribution in [1.82, 2.24) is 9.55 Å². The monoisotopic (exact) mass is 248 g/mol. The lowest BCUT2D eigenvalue weighted by atomic mass is 9.87. The molecular formula is C16H28N2. The summed E-state index contributed by atoms with van der Waals surface area (Å²) >= 11 is 0. The van der Waals surface area contributed by atoms with Gasteiger partial charge in [-0.1, -0.05) is 45.4 Å². The molecule has 0 amide bonds. The third kappa shape index (κ3) is 4.47. The van der Waals surface area contributed by atoms with Crippen molar-refractivity contribution in [3.05, 3.63) is 18.7 Å². The van der Waals surface area contributed by atoms with Crippen LogP contribution in [0, 0.1) is 11.8 Å². The highest BCUT2D eigenvalue weighted by Crippen LogP contribution is 2.33. The maximum Gasteiger partial charge on any atom is 0.0945 e. The molecule has 1 unspecified atom stereocenters. The molecule has 0 spiro atoms. The molecule has 2 rings (SSSR count). The fourth-order valence-electron chi connectivity index (χ4n) is 3.49. The summed E-state index contributed by atoms with van der Waals surface area (Å²) in [4.78, 5) is 4.10. The van der Waals surface area contributed by atoms with Crippen molar-refractivity contribution >= 4 is 0 Å². The van der Waals surface area contributed by atoms with Crippen molar-refractivity contribution in [2.75, 3.05) is 0 Å². The van der Waals surface area contributed by atoms with E-state index in [2.05, 4.69) is 22.7 Å². The average molecular weight is 248 g/mol. The van der Waals surface area contributed by atoms with Crippen molar-refractivity contribution in [3.63, 3.8) is 0 Å². The van der Waals surface area contributed by atoms with Gasteiger partial charge in [-0.3, -0.25) is 0 Å². The standard InChI is InChI=1S/C16H28N2/c1-2-6-15(13-16-7-3-4-8-16)9-5-11-18-12-10-17-14-18/h10,12,14-16H,2-9,11,13H2,1H3. The summed E-state index contributed by atoms with van der Waals surface area (Å²) in [5, 5.41) is 0. The number of imidazole rings is 1. The van der Waals surface area contributed by atoms with Gasteiger partial charge in [0.1, 0.15) is 0 Å². The van der Waals surface area contributed by atoms with Gasteiger partial charge in [-0.05, 0) is 31.1 Å². The van der Waals surface area contributed by atoms with E-state index in [0.29, 0.717) is 0 Å². The van der Waals surface area contributed by atoms with Crippen LogP contribution < -0.4 is 0 Å². The zero-order valence-corrected chi connectivity index (χ0v) is 11.9. The predicted molar refractivity (Wildman–Crippen MR) is 76.4 cm³/mol. The quantitative estimate of drug-likeness (QED) is 0.654. The van der Waals surface area contributed by atoms with Crippen LogP contribution in [0.1, 0.15) is 64.7 Å². The topological polar surface area (TPSA) is 17.8 Å². The van der Waals surface area contributed by atoms with Crippen LogP contribution in [0.3, 0.4) is 0 Å². The molecular weight excluding hydrogens is 220 g/mol. The van der Waals surface area contributed by atoms with Gasteiger partial charge in [0.15, 0.2) is 0 Å². The number of hydrogen-bond acceptors (Lipinski definition) is 1. The van der Waals surface area contributed by atoms with Crippen molar-refractivity contribution in [2.45, 2.75) is 71.3 Å². The Morgan fingerprint density at radius 1 is 1.28 bits per heavy atom. The first-order valence-corrected chi connectivity index (χ1v) is 7.84. The molecule has 0 saturated heterocycles. The zero-order valence-electron chi connectivity index (χ0n) is 11.9. The Bertz CT molecular complexity index is 299. The van der Waals surface area contributed by atoms with Gasteiger partial charge in [-0.25, -0.2) is 4.98 Å². The maximum atomic E-state index is 4.10. The molecule has 1 heterocycles. The van der Waals surface area contributed by atoms with Crippen molar-refractivity contribution in [1.29, 1.82) is 0 Å². The van der Waals surface area contributed by atoms with Gasteiger partial charge in [0.25, 0.3) is 0 Å². The van der Waals surface area contributed by atoms with Gasteiger partial charge >= 0.3 is 0 Å². The summed E-state index contributed by atoms with van der Waals surface area (Å²) in [7, 11) is 0. The van der Waals surface area contributed by atoms with Crippen LogP contribution in [0.15, 0.2) is 18.7 Å². The molecule has 2 nitrogen and oxygen atoms in total. The Kier molecular flexibility index (Phi) is 5.76. The minimum atomic E-state index is 0.974. The molecule has 0 radical (unpaired) electrons. The molecule has 0 aliphatic heterocycles. The third-order valence-electron chi connectivity index (χ3n) is 4.43. The Morgan fingerprint density at radius 2 is 2.11 bits per heavy atom. The van der Waals surface area contributed by atoms with Crippen molar-refractivity contribution in [2.24, 2.45) is 11.8 Å². The van der Waals surface area contributed by atoms with Crippen LogP contribution in [0.5, 0.6) is 0 Å². The van der Waals surface area contributed by atoms with Gasteiger partial charge in [-0.2, -0.15) is 0 Å². The highest BCUT2D eigenvalue weighted by molar-refractivity contribution is 4.75. The number of nitrogens with zero attached hydrogens (tertiary/aromatic N) is 2. The third-order valence-corrected chi connectivity index (χ3v) is 4.43. The fraction of sp³-hybridized carbons (Fsp3) is 0.812. The molecule has 0 aromatic carbocycles. The van der Waals surface area contributed by atoms with Crippen LogP contribution in [0.25, 0.3) is 0 Å². The van der Waals surface area contributed by atoms with E-state index < -0.39 is 0 Å². The van der Waals surface area contributed by atoms with Gasteiger partial charge in [0.2, 0.25) is 0 Å². The molecule has 1 aromatic rings. The van der Waals surface area contributed by atoms with E-state index in [1.54, 1.807) is 0 Å². The van der Waals surface area contributed by atoms with Crippen LogP contribution in [-0.4, -0.2) is 9.55 Å². The van der Waals surface area contributed by atoms with Gasteiger partial charge in [0.05, 0.1) is 6.33 Å². The summed E-state index contributed by atoms with van der Waals surface area (Å²) in [6, 6.07) is 0. The summed E-state index contributed by atoms with van der Waals surface area (Å²) in [6.07, 6.45) is 18.9. The van der Waals surface area contributed by atoms with E-state index in [-0.39, 0.29) is 0 Å². The molecule has 1 atom stereocenters. The van der Waals surface area contributed by atoms with Gasteiger partial charge in [0, 0.05) is 18.9 Å². The molecule has 2 heteroatoms. The van der Waals surface area contributed by atoms with E-state index in [4.69, 9.17) is 0 Å². The second-order valence-electron chi connectivity index (χ2n) is 5.98. The van der Waals surface area contributed by atoms with E-state index in [0.717, 1.165) is 18.4 Å². The molecule has 18 heavy (non-hydrogen) atoms. The van der Waals surface area contributed by atoms with Crippen LogP contribution in [0.2, 0.25) is 0 Å². The summed E-state index contributed by atoms with van der Waals surface area (Å²) in [5.41, 5.74) is 0. The summed E-state index contributed by atoms with van der Waals surface area (Å²) in [6.45, 7) is 3.47. The molecule has 1 aliphatic carbocycles. The Morgan fingerprint density at radius 3 is 2.78 bits per heavy atom. The number of aromatic nitrogens is 2. The second kappa shape index (κ2) is 7.60.